The van der Waals surface area contributed by atoms with Gasteiger partial charge < -0.3 is 15.4 Å². The first-order valence-electron chi connectivity index (χ1n) is 7.77. The molecular formula is C16H21F2N3O3. The van der Waals surface area contributed by atoms with Crippen LogP contribution in [0.2, 0.25) is 0 Å². The Kier molecular flexibility index (Phi) is 6.62. The van der Waals surface area contributed by atoms with E-state index < -0.39 is 23.4 Å². The standard InChI is InChI=1S/C16H21F2N3O3/c1-24-6-5-21-4-2-3-13(10-21)19-15(22)16(23)20-14-8-11(17)7-12(18)9-14/h7-9,13H,2-6,10H2,1H3,(H,19,22)(H,20,23). The molecule has 1 saturated heterocycles. The van der Waals surface area contributed by atoms with Gasteiger partial charge in [-0.1, -0.05) is 0 Å². The summed E-state index contributed by atoms with van der Waals surface area (Å²) in [5.41, 5.74) is -0.0991. The Labute approximate surface area is 139 Å². The molecule has 1 aliphatic heterocycles. The third-order valence-corrected chi connectivity index (χ3v) is 3.78. The second-order valence-electron chi connectivity index (χ2n) is 5.72. The summed E-state index contributed by atoms with van der Waals surface area (Å²) in [6.07, 6.45) is 1.68. The van der Waals surface area contributed by atoms with Crippen molar-refractivity contribution in [1.29, 1.82) is 0 Å². The van der Waals surface area contributed by atoms with E-state index >= 15 is 0 Å². The van der Waals surface area contributed by atoms with E-state index in [9.17, 15) is 18.4 Å². The number of hydrogen-bond acceptors (Lipinski definition) is 4. The third-order valence-electron chi connectivity index (χ3n) is 3.78. The predicted molar refractivity (Wildman–Crippen MR) is 84.5 cm³/mol. The highest BCUT2D eigenvalue weighted by molar-refractivity contribution is 6.39. The normalized spacial score (nSPS) is 18.2. The predicted octanol–water partition coefficient (Wildman–Crippen LogP) is 1.13. The Morgan fingerprint density at radius 2 is 1.96 bits per heavy atom. The van der Waals surface area contributed by atoms with E-state index in [1.807, 2.05) is 0 Å². The number of ether oxygens (including phenoxy) is 1. The lowest BCUT2D eigenvalue weighted by molar-refractivity contribution is -0.136. The van der Waals surface area contributed by atoms with E-state index in [0.717, 1.165) is 38.1 Å². The fourth-order valence-corrected chi connectivity index (χ4v) is 2.66. The second-order valence-corrected chi connectivity index (χ2v) is 5.72. The van der Waals surface area contributed by atoms with Gasteiger partial charge in [0, 0.05) is 38.0 Å². The van der Waals surface area contributed by atoms with Gasteiger partial charge in [-0.15, -0.1) is 0 Å². The highest BCUT2D eigenvalue weighted by Crippen LogP contribution is 2.13. The smallest absolute Gasteiger partial charge is 0.313 e. The van der Waals surface area contributed by atoms with Crippen LogP contribution in [0.3, 0.4) is 0 Å². The molecule has 0 bridgehead atoms. The van der Waals surface area contributed by atoms with E-state index in [1.54, 1.807) is 7.11 Å². The Hall–Kier alpha value is -2.06. The molecule has 1 aromatic rings. The second kappa shape index (κ2) is 8.70. The van der Waals surface area contributed by atoms with E-state index in [0.29, 0.717) is 19.2 Å². The van der Waals surface area contributed by atoms with Crippen LogP contribution in [-0.4, -0.2) is 56.1 Å². The van der Waals surface area contributed by atoms with Gasteiger partial charge in [-0.3, -0.25) is 14.5 Å². The van der Waals surface area contributed by atoms with Gasteiger partial charge in [-0.2, -0.15) is 0 Å². The van der Waals surface area contributed by atoms with Crippen LogP contribution in [0.4, 0.5) is 14.5 Å². The fourth-order valence-electron chi connectivity index (χ4n) is 2.66. The zero-order valence-corrected chi connectivity index (χ0v) is 13.5. The Morgan fingerprint density at radius 3 is 2.62 bits per heavy atom. The van der Waals surface area contributed by atoms with Crippen LogP contribution in [0.25, 0.3) is 0 Å². The number of rotatable bonds is 5. The minimum Gasteiger partial charge on any atom is -0.383 e. The maximum atomic E-state index is 13.1. The minimum atomic E-state index is -0.950. The maximum absolute atomic E-state index is 13.1. The molecule has 1 heterocycles. The number of halogens is 2. The molecule has 0 aromatic heterocycles. The van der Waals surface area contributed by atoms with Crippen molar-refractivity contribution in [2.24, 2.45) is 0 Å². The van der Waals surface area contributed by atoms with Gasteiger partial charge in [-0.25, -0.2) is 8.78 Å². The average molecular weight is 341 g/mol. The number of nitrogens with one attached hydrogen (secondary N) is 2. The van der Waals surface area contributed by atoms with Gasteiger partial charge in [0.25, 0.3) is 0 Å². The zero-order chi connectivity index (χ0) is 17.5. The van der Waals surface area contributed by atoms with Crippen molar-refractivity contribution in [3.8, 4) is 0 Å². The molecule has 2 N–H and O–H groups in total. The lowest BCUT2D eigenvalue weighted by atomic mass is 10.1. The van der Waals surface area contributed by atoms with Crippen molar-refractivity contribution in [3.63, 3.8) is 0 Å². The third kappa shape index (κ3) is 5.54. The highest BCUT2D eigenvalue weighted by Gasteiger charge is 2.24. The number of methoxy groups -OCH3 is 1. The average Bonchev–Trinajstić information content (AvgIpc) is 2.52. The van der Waals surface area contributed by atoms with Crippen LogP contribution in [-0.2, 0) is 14.3 Å². The first-order chi connectivity index (χ1) is 11.5. The molecular weight excluding hydrogens is 320 g/mol. The van der Waals surface area contributed by atoms with E-state index in [4.69, 9.17) is 4.74 Å². The number of carbonyl (C=O) groups is 2. The largest absolute Gasteiger partial charge is 0.383 e. The molecule has 1 aromatic carbocycles. The van der Waals surface area contributed by atoms with E-state index in [1.165, 1.54) is 0 Å². The van der Waals surface area contributed by atoms with Crippen molar-refractivity contribution >= 4 is 17.5 Å². The van der Waals surface area contributed by atoms with Crippen LogP contribution in [0.15, 0.2) is 18.2 Å². The number of benzene rings is 1. The molecule has 1 aliphatic rings. The summed E-state index contributed by atoms with van der Waals surface area (Å²) in [6.45, 7) is 2.92. The van der Waals surface area contributed by atoms with Crippen LogP contribution >= 0.6 is 0 Å². The highest BCUT2D eigenvalue weighted by atomic mass is 19.1. The Morgan fingerprint density at radius 1 is 1.25 bits per heavy atom. The number of carbonyl (C=O) groups excluding carboxylic acids is 2. The van der Waals surface area contributed by atoms with E-state index in [2.05, 4.69) is 15.5 Å². The first-order valence-corrected chi connectivity index (χ1v) is 7.77. The summed E-state index contributed by atoms with van der Waals surface area (Å²) >= 11 is 0. The monoisotopic (exact) mass is 341 g/mol. The summed E-state index contributed by atoms with van der Waals surface area (Å²) in [4.78, 5) is 26.0. The fraction of sp³-hybridized carbons (Fsp3) is 0.500. The summed E-state index contributed by atoms with van der Waals surface area (Å²) in [7, 11) is 1.63. The van der Waals surface area contributed by atoms with E-state index in [-0.39, 0.29) is 11.7 Å². The number of likely N-dealkylation sites (tertiary alicyclic amines) is 1. The molecule has 132 valence electrons. The Balaban J connectivity index is 1.85. The minimum absolute atomic E-state index is 0.0991. The topological polar surface area (TPSA) is 70.7 Å². The zero-order valence-electron chi connectivity index (χ0n) is 13.5. The summed E-state index contributed by atoms with van der Waals surface area (Å²) in [5, 5.41) is 4.85. The summed E-state index contributed by atoms with van der Waals surface area (Å²) in [6, 6.07) is 2.44. The number of piperidine rings is 1. The molecule has 1 unspecified atom stereocenters. The van der Waals surface area contributed by atoms with Crippen LogP contribution in [0, 0.1) is 11.6 Å². The molecule has 0 spiro atoms. The number of hydrogen-bond donors (Lipinski definition) is 2. The quantitative estimate of drug-likeness (QED) is 0.788. The van der Waals surface area contributed by atoms with Crippen molar-refractivity contribution in [1.82, 2.24) is 10.2 Å². The summed E-state index contributed by atoms with van der Waals surface area (Å²) in [5.74, 6) is -3.43. The molecule has 24 heavy (non-hydrogen) atoms. The molecule has 1 fully saturated rings. The molecule has 6 nitrogen and oxygen atoms in total. The molecule has 0 radical (unpaired) electrons. The molecule has 1 atom stereocenters. The van der Waals surface area contributed by atoms with Gasteiger partial charge in [0.05, 0.1) is 6.61 Å². The lowest BCUT2D eigenvalue weighted by Crippen LogP contribution is -2.50. The lowest BCUT2D eigenvalue weighted by Gasteiger charge is -2.32. The SMILES string of the molecule is COCCN1CCCC(NC(=O)C(=O)Nc2cc(F)cc(F)c2)C1. The summed E-state index contributed by atoms with van der Waals surface area (Å²) < 4.78 is 31.2. The van der Waals surface area contributed by atoms with Crippen LogP contribution < -0.4 is 10.6 Å². The molecule has 0 saturated carbocycles. The number of amides is 2. The molecule has 0 aliphatic carbocycles. The van der Waals surface area contributed by atoms with Gasteiger partial charge in [0.15, 0.2) is 0 Å². The van der Waals surface area contributed by atoms with Crippen molar-refractivity contribution in [2.75, 3.05) is 38.7 Å². The maximum Gasteiger partial charge on any atom is 0.313 e. The van der Waals surface area contributed by atoms with Crippen LogP contribution in [0.5, 0.6) is 0 Å². The van der Waals surface area contributed by atoms with Gasteiger partial charge >= 0.3 is 11.8 Å². The van der Waals surface area contributed by atoms with Crippen LogP contribution in [0.1, 0.15) is 12.8 Å². The van der Waals surface area contributed by atoms with Gasteiger partial charge in [0.2, 0.25) is 0 Å². The van der Waals surface area contributed by atoms with Crippen molar-refractivity contribution in [2.45, 2.75) is 18.9 Å². The molecule has 2 rings (SSSR count). The number of nitrogens with zero attached hydrogens (tertiary/aromatic N) is 1. The van der Waals surface area contributed by atoms with Crippen molar-refractivity contribution in [3.05, 3.63) is 29.8 Å². The van der Waals surface area contributed by atoms with Crippen molar-refractivity contribution < 1.29 is 23.1 Å². The Bertz CT molecular complexity index is 578. The number of anilines is 1. The molecule has 2 amide bonds. The van der Waals surface area contributed by atoms with Gasteiger partial charge in [-0.05, 0) is 31.5 Å². The first kappa shape index (κ1) is 18.3. The molecule has 8 heteroatoms. The van der Waals surface area contributed by atoms with Gasteiger partial charge in [0.1, 0.15) is 11.6 Å².